The molecule has 0 aromatic heterocycles. The minimum absolute atomic E-state index is 0.296. The molecule has 60 valence electrons. The summed E-state index contributed by atoms with van der Waals surface area (Å²) in [6.45, 7) is -0.296. The van der Waals surface area contributed by atoms with E-state index in [0.29, 0.717) is 0 Å². The Morgan fingerprint density at radius 3 is 2.10 bits per heavy atom. The largest absolute Gasteiger partial charge is 0.394 e. The normalized spacial score (nSPS) is 48.0. The fourth-order valence-electron chi connectivity index (χ4n) is 0.880. The number of hydrogen-bond donors (Lipinski definition) is 4. The van der Waals surface area contributed by atoms with Crippen LogP contribution in [0.5, 0.6) is 0 Å². The summed E-state index contributed by atoms with van der Waals surface area (Å²) < 4.78 is 4.85. The summed E-state index contributed by atoms with van der Waals surface area (Å²) in [6, 6.07) is 0. The van der Waals surface area contributed by atoms with Gasteiger partial charge in [0.05, 0.1) is 6.61 Å². The predicted molar refractivity (Wildman–Crippen MR) is 36.7 cm³/mol. The topological polar surface area (TPSA) is 69.9 Å². The fourth-order valence-corrected chi connectivity index (χ4v) is 1.21. The SMILES string of the molecule is OC[C@@H]1OC(S)[C@H](O)[C@@H]1O. The smallest absolute Gasteiger partial charge is 0.129 e. The first-order valence-corrected chi connectivity index (χ1v) is 3.49. The highest BCUT2D eigenvalue weighted by Gasteiger charge is 2.40. The lowest BCUT2D eigenvalue weighted by Crippen LogP contribution is -2.32. The van der Waals surface area contributed by atoms with Gasteiger partial charge in [0, 0.05) is 0 Å². The second kappa shape index (κ2) is 3.06. The molecule has 0 spiro atoms. The van der Waals surface area contributed by atoms with Crippen LogP contribution in [-0.4, -0.2) is 45.7 Å². The van der Waals surface area contributed by atoms with E-state index in [1.807, 2.05) is 0 Å². The van der Waals surface area contributed by atoms with Gasteiger partial charge in [-0.15, -0.1) is 12.6 Å². The van der Waals surface area contributed by atoms with Gasteiger partial charge >= 0.3 is 0 Å². The van der Waals surface area contributed by atoms with Gasteiger partial charge in [-0.1, -0.05) is 0 Å². The van der Waals surface area contributed by atoms with Gasteiger partial charge < -0.3 is 20.1 Å². The lowest BCUT2D eigenvalue weighted by molar-refractivity contribution is -0.00794. The van der Waals surface area contributed by atoms with Crippen LogP contribution in [0, 0.1) is 0 Å². The molecule has 0 amide bonds. The molecule has 0 radical (unpaired) electrons. The van der Waals surface area contributed by atoms with E-state index in [-0.39, 0.29) is 6.61 Å². The third kappa shape index (κ3) is 1.28. The molecule has 4 nitrogen and oxygen atoms in total. The molecule has 1 heterocycles. The van der Waals surface area contributed by atoms with Crippen molar-refractivity contribution in [1.82, 2.24) is 0 Å². The first kappa shape index (κ1) is 8.29. The van der Waals surface area contributed by atoms with Crippen LogP contribution in [0.2, 0.25) is 0 Å². The van der Waals surface area contributed by atoms with Gasteiger partial charge in [0.2, 0.25) is 0 Å². The predicted octanol–water partition coefficient (Wildman–Crippen LogP) is -1.64. The van der Waals surface area contributed by atoms with Crippen molar-refractivity contribution in [3.63, 3.8) is 0 Å². The van der Waals surface area contributed by atoms with E-state index in [4.69, 9.17) is 20.1 Å². The summed E-state index contributed by atoms with van der Waals surface area (Å²) in [7, 11) is 0. The van der Waals surface area contributed by atoms with E-state index in [1.54, 1.807) is 0 Å². The van der Waals surface area contributed by atoms with E-state index >= 15 is 0 Å². The number of aliphatic hydroxyl groups excluding tert-OH is 3. The molecular weight excluding hydrogens is 156 g/mol. The average Bonchev–Trinajstić information content (AvgIpc) is 2.17. The summed E-state index contributed by atoms with van der Waals surface area (Å²) >= 11 is 3.82. The highest BCUT2D eigenvalue weighted by molar-refractivity contribution is 7.80. The van der Waals surface area contributed by atoms with E-state index in [2.05, 4.69) is 12.6 Å². The van der Waals surface area contributed by atoms with E-state index in [9.17, 15) is 0 Å². The Bertz CT molecular complexity index is 120. The van der Waals surface area contributed by atoms with Crippen molar-refractivity contribution in [1.29, 1.82) is 0 Å². The summed E-state index contributed by atoms with van der Waals surface area (Å²) in [5.74, 6) is 0. The third-order valence-corrected chi connectivity index (χ3v) is 1.94. The van der Waals surface area contributed by atoms with Gasteiger partial charge in [0.15, 0.2) is 0 Å². The number of hydrogen-bond acceptors (Lipinski definition) is 5. The van der Waals surface area contributed by atoms with Gasteiger partial charge in [0.1, 0.15) is 23.7 Å². The summed E-state index contributed by atoms with van der Waals surface area (Å²) in [5, 5.41) is 26.6. The molecule has 1 aliphatic heterocycles. The molecule has 10 heavy (non-hydrogen) atoms. The molecule has 0 aromatic rings. The van der Waals surface area contributed by atoms with Crippen LogP contribution in [0.1, 0.15) is 0 Å². The number of ether oxygens (including phenoxy) is 1. The molecule has 1 unspecified atom stereocenters. The molecule has 1 rings (SSSR count). The lowest BCUT2D eigenvalue weighted by Gasteiger charge is -2.09. The minimum Gasteiger partial charge on any atom is -0.394 e. The minimum atomic E-state index is -1.02. The molecule has 0 aromatic carbocycles. The van der Waals surface area contributed by atoms with E-state index in [0.717, 1.165) is 0 Å². The summed E-state index contributed by atoms with van der Waals surface area (Å²) in [4.78, 5) is 0. The number of thiol groups is 1. The second-order valence-electron chi connectivity index (χ2n) is 2.23. The van der Waals surface area contributed by atoms with Gasteiger partial charge in [0.25, 0.3) is 0 Å². The average molecular weight is 166 g/mol. The van der Waals surface area contributed by atoms with Crippen LogP contribution in [0.15, 0.2) is 0 Å². The van der Waals surface area contributed by atoms with Crippen molar-refractivity contribution < 1.29 is 20.1 Å². The Balaban J connectivity index is 2.53. The van der Waals surface area contributed by atoms with Gasteiger partial charge in [-0.3, -0.25) is 0 Å². The molecule has 3 N–H and O–H groups in total. The molecule has 1 aliphatic rings. The first-order valence-electron chi connectivity index (χ1n) is 2.97. The number of rotatable bonds is 1. The molecule has 1 saturated heterocycles. The zero-order chi connectivity index (χ0) is 7.72. The lowest BCUT2D eigenvalue weighted by atomic mass is 10.2. The first-order chi connectivity index (χ1) is 4.66. The van der Waals surface area contributed by atoms with Gasteiger partial charge in [-0.25, -0.2) is 0 Å². The summed E-state index contributed by atoms with van der Waals surface area (Å²) in [5.41, 5.74) is -0.688. The summed E-state index contributed by atoms with van der Waals surface area (Å²) in [6.07, 6.45) is -2.72. The van der Waals surface area contributed by atoms with Crippen LogP contribution in [0.25, 0.3) is 0 Å². The fraction of sp³-hybridized carbons (Fsp3) is 1.00. The zero-order valence-electron chi connectivity index (χ0n) is 5.21. The van der Waals surface area contributed by atoms with Crippen LogP contribution in [0.3, 0.4) is 0 Å². The van der Waals surface area contributed by atoms with Crippen LogP contribution < -0.4 is 0 Å². The highest BCUT2D eigenvalue weighted by Crippen LogP contribution is 2.22. The molecule has 1 fully saturated rings. The molecular formula is C5H10O4S. The Morgan fingerprint density at radius 1 is 1.30 bits per heavy atom. The maximum atomic E-state index is 9.04. The second-order valence-corrected chi connectivity index (χ2v) is 2.74. The van der Waals surface area contributed by atoms with Crippen LogP contribution in [0.4, 0.5) is 0 Å². The van der Waals surface area contributed by atoms with Gasteiger partial charge in [-0.2, -0.15) is 0 Å². The van der Waals surface area contributed by atoms with Crippen molar-refractivity contribution in [3.8, 4) is 0 Å². The maximum absolute atomic E-state index is 9.04. The van der Waals surface area contributed by atoms with Gasteiger partial charge in [-0.05, 0) is 0 Å². The quantitative estimate of drug-likeness (QED) is 0.352. The van der Waals surface area contributed by atoms with Crippen LogP contribution in [-0.2, 0) is 4.74 Å². The maximum Gasteiger partial charge on any atom is 0.129 e. The number of aliphatic hydroxyl groups is 3. The van der Waals surface area contributed by atoms with Crippen LogP contribution >= 0.6 is 12.6 Å². The molecule has 0 saturated carbocycles. The molecule has 0 bridgehead atoms. The molecule has 0 aliphatic carbocycles. The Labute approximate surface area is 63.8 Å². The van der Waals surface area contributed by atoms with Crippen molar-refractivity contribution in [2.24, 2.45) is 0 Å². The highest BCUT2D eigenvalue weighted by atomic mass is 32.1. The van der Waals surface area contributed by atoms with Crippen molar-refractivity contribution in [2.75, 3.05) is 6.61 Å². The van der Waals surface area contributed by atoms with Crippen molar-refractivity contribution in [2.45, 2.75) is 23.7 Å². The standard InChI is InChI=1S/C5H10O4S/c6-1-2-3(7)4(8)5(10)9-2/h2-8,10H,1H2/t2-,3+,4+,5?/m0/s1. The molecule has 5 heteroatoms. The monoisotopic (exact) mass is 166 g/mol. The van der Waals surface area contributed by atoms with E-state index < -0.39 is 23.7 Å². The Morgan fingerprint density at radius 2 is 1.90 bits per heavy atom. The molecule has 4 atom stereocenters. The third-order valence-electron chi connectivity index (χ3n) is 1.52. The van der Waals surface area contributed by atoms with E-state index in [1.165, 1.54) is 0 Å². The van der Waals surface area contributed by atoms with Crippen molar-refractivity contribution in [3.05, 3.63) is 0 Å². The Kier molecular flexibility index (Phi) is 2.54. The Hall–Kier alpha value is 0.190. The zero-order valence-corrected chi connectivity index (χ0v) is 6.11. The van der Waals surface area contributed by atoms with Crippen molar-refractivity contribution >= 4 is 12.6 Å².